The van der Waals surface area contributed by atoms with Crippen molar-refractivity contribution in [1.29, 1.82) is 0 Å². The summed E-state index contributed by atoms with van der Waals surface area (Å²) in [6.07, 6.45) is 6.76. The van der Waals surface area contributed by atoms with Crippen LogP contribution in [0, 0.1) is 5.95 Å². The lowest BCUT2D eigenvalue weighted by Crippen LogP contribution is -2.49. The van der Waals surface area contributed by atoms with Crippen molar-refractivity contribution in [3.63, 3.8) is 0 Å². The molecule has 4 heterocycles. The summed E-state index contributed by atoms with van der Waals surface area (Å²) >= 11 is 0. The minimum Gasteiger partial charge on any atom is -0.353 e. The average molecular weight is 444 g/mol. The summed E-state index contributed by atoms with van der Waals surface area (Å²) in [6.45, 7) is 1.76. The van der Waals surface area contributed by atoms with Crippen LogP contribution in [-0.2, 0) is 10.2 Å². The van der Waals surface area contributed by atoms with E-state index in [2.05, 4.69) is 20.3 Å². The Morgan fingerprint density at radius 1 is 1.12 bits per heavy atom. The van der Waals surface area contributed by atoms with E-state index in [1.165, 1.54) is 11.8 Å². The third-order valence-electron chi connectivity index (χ3n) is 6.70. The lowest BCUT2D eigenvalue weighted by Gasteiger charge is -2.27. The minimum atomic E-state index is -0.563. The van der Waals surface area contributed by atoms with E-state index in [0.29, 0.717) is 35.7 Å². The number of pyridine rings is 1. The molecule has 0 unspecified atom stereocenters. The second-order valence-electron chi connectivity index (χ2n) is 8.79. The van der Waals surface area contributed by atoms with Crippen LogP contribution >= 0.6 is 0 Å². The smallest absolute Gasteiger partial charge is 0.254 e. The largest absolute Gasteiger partial charge is 0.353 e. The maximum Gasteiger partial charge on any atom is 0.254 e. The quantitative estimate of drug-likeness (QED) is 0.624. The average Bonchev–Trinajstić information content (AvgIpc) is 3.55. The summed E-state index contributed by atoms with van der Waals surface area (Å²) in [5, 5.41) is 2.74. The molecule has 1 spiro atoms. The molecule has 1 saturated heterocycles. The van der Waals surface area contributed by atoms with Crippen molar-refractivity contribution in [3.8, 4) is 11.1 Å². The molecule has 2 amide bonds. The van der Waals surface area contributed by atoms with Crippen molar-refractivity contribution in [1.82, 2.24) is 25.2 Å². The molecule has 1 aliphatic carbocycles. The number of nitrogens with one attached hydrogen (secondary N) is 1. The lowest BCUT2D eigenvalue weighted by molar-refractivity contribution is -0.123. The predicted octanol–water partition coefficient (Wildman–Crippen LogP) is 2.43. The standard InChI is InChI=1S/C24H21FN6O2/c25-21-17(2-1-7-27-21)16-11-28-23(29-12-16)31-14-24(5-6-24)18-4-3-15(10-19(18)31)22(33)30-9-8-26-20(32)13-30/h1-4,7,10-12H,5-6,8-9,13-14H2,(H,26,32). The molecule has 2 aromatic heterocycles. The molecule has 1 aromatic carbocycles. The van der Waals surface area contributed by atoms with Gasteiger partial charge in [0.25, 0.3) is 5.91 Å². The number of anilines is 2. The zero-order valence-corrected chi connectivity index (χ0v) is 17.8. The summed E-state index contributed by atoms with van der Waals surface area (Å²) in [6, 6.07) is 9.08. The first-order valence-electron chi connectivity index (χ1n) is 11.0. The van der Waals surface area contributed by atoms with E-state index in [9.17, 15) is 14.0 Å². The molecular weight excluding hydrogens is 423 g/mol. The van der Waals surface area contributed by atoms with Crippen molar-refractivity contribution in [2.45, 2.75) is 18.3 Å². The van der Waals surface area contributed by atoms with Gasteiger partial charge in [0.1, 0.15) is 0 Å². The summed E-state index contributed by atoms with van der Waals surface area (Å²) in [5.41, 5.74) is 3.63. The molecule has 8 nitrogen and oxygen atoms in total. The number of aromatic nitrogens is 3. The number of benzene rings is 1. The SMILES string of the molecule is O=C1CN(C(=O)c2ccc3c(c2)N(c2ncc(-c4cccnc4F)cn2)CC32CC2)CCN1. The Balaban J connectivity index is 1.33. The molecule has 3 aliphatic rings. The summed E-state index contributed by atoms with van der Waals surface area (Å²) < 4.78 is 14.0. The van der Waals surface area contributed by atoms with Gasteiger partial charge in [-0.1, -0.05) is 6.07 Å². The van der Waals surface area contributed by atoms with E-state index in [0.717, 1.165) is 25.1 Å². The first kappa shape index (κ1) is 19.8. The van der Waals surface area contributed by atoms with E-state index in [1.807, 2.05) is 23.1 Å². The molecule has 3 aromatic rings. The third-order valence-corrected chi connectivity index (χ3v) is 6.70. The second kappa shape index (κ2) is 7.33. The number of hydrogen-bond donors (Lipinski definition) is 1. The predicted molar refractivity (Wildman–Crippen MR) is 118 cm³/mol. The molecular formula is C24H21FN6O2. The van der Waals surface area contributed by atoms with Gasteiger partial charge in [-0.05, 0) is 42.7 Å². The summed E-state index contributed by atoms with van der Waals surface area (Å²) in [4.78, 5) is 41.1. The number of fused-ring (bicyclic) bond motifs is 2. The normalized spacial score (nSPS) is 18.3. The Bertz CT molecular complexity index is 1270. The molecule has 0 radical (unpaired) electrons. The minimum absolute atomic E-state index is 0.0685. The highest BCUT2D eigenvalue weighted by atomic mass is 19.1. The first-order chi connectivity index (χ1) is 16.0. The fourth-order valence-corrected chi connectivity index (χ4v) is 4.76. The topological polar surface area (TPSA) is 91.3 Å². The molecule has 166 valence electrons. The molecule has 2 aliphatic heterocycles. The van der Waals surface area contributed by atoms with Gasteiger partial charge in [-0.3, -0.25) is 9.59 Å². The number of rotatable bonds is 3. The molecule has 1 saturated carbocycles. The zero-order valence-electron chi connectivity index (χ0n) is 17.8. The monoisotopic (exact) mass is 444 g/mol. The van der Waals surface area contributed by atoms with Crippen molar-refractivity contribution >= 4 is 23.5 Å². The number of amides is 2. The van der Waals surface area contributed by atoms with Gasteiger partial charge in [0.15, 0.2) is 0 Å². The van der Waals surface area contributed by atoms with Crippen LogP contribution in [0.5, 0.6) is 0 Å². The van der Waals surface area contributed by atoms with Gasteiger partial charge in [-0.15, -0.1) is 0 Å². The second-order valence-corrected chi connectivity index (χ2v) is 8.79. The van der Waals surface area contributed by atoms with Crippen LogP contribution in [0.3, 0.4) is 0 Å². The van der Waals surface area contributed by atoms with E-state index in [4.69, 9.17) is 0 Å². The Kier molecular flexibility index (Phi) is 4.39. The van der Waals surface area contributed by atoms with E-state index < -0.39 is 5.95 Å². The highest BCUT2D eigenvalue weighted by molar-refractivity contribution is 5.98. The van der Waals surface area contributed by atoms with Gasteiger partial charge >= 0.3 is 0 Å². The van der Waals surface area contributed by atoms with Crippen LogP contribution in [0.4, 0.5) is 16.0 Å². The Labute approximate surface area is 189 Å². The van der Waals surface area contributed by atoms with Crippen LogP contribution in [0.25, 0.3) is 11.1 Å². The van der Waals surface area contributed by atoms with Gasteiger partial charge in [0.05, 0.1) is 6.54 Å². The molecule has 33 heavy (non-hydrogen) atoms. The number of halogens is 1. The van der Waals surface area contributed by atoms with Crippen LogP contribution < -0.4 is 10.2 Å². The van der Waals surface area contributed by atoms with E-state index >= 15 is 0 Å². The number of hydrogen-bond acceptors (Lipinski definition) is 6. The molecule has 1 N–H and O–H groups in total. The summed E-state index contributed by atoms with van der Waals surface area (Å²) in [7, 11) is 0. The fourth-order valence-electron chi connectivity index (χ4n) is 4.76. The number of carbonyl (C=O) groups excluding carboxylic acids is 2. The van der Waals surface area contributed by atoms with E-state index in [-0.39, 0.29) is 23.8 Å². The molecule has 2 fully saturated rings. The Morgan fingerprint density at radius 2 is 1.94 bits per heavy atom. The van der Waals surface area contributed by atoms with Crippen molar-refractivity contribution in [2.24, 2.45) is 0 Å². The highest BCUT2D eigenvalue weighted by Gasteiger charge is 2.52. The molecule has 6 rings (SSSR count). The van der Waals surface area contributed by atoms with Crippen molar-refractivity contribution in [3.05, 3.63) is 66.0 Å². The van der Waals surface area contributed by atoms with Crippen LogP contribution in [0.2, 0.25) is 0 Å². The van der Waals surface area contributed by atoms with Gasteiger partial charge in [0, 0.05) is 66.0 Å². The van der Waals surface area contributed by atoms with Gasteiger partial charge in [-0.2, -0.15) is 4.39 Å². The van der Waals surface area contributed by atoms with Crippen LogP contribution in [0.15, 0.2) is 48.9 Å². The van der Waals surface area contributed by atoms with Crippen molar-refractivity contribution < 1.29 is 14.0 Å². The lowest BCUT2D eigenvalue weighted by atomic mass is 9.97. The third kappa shape index (κ3) is 3.31. The van der Waals surface area contributed by atoms with Crippen molar-refractivity contribution in [2.75, 3.05) is 31.1 Å². The van der Waals surface area contributed by atoms with Crippen LogP contribution in [0.1, 0.15) is 28.8 Å². The molecule has 9 heteroatoms. The summed E-state index contributed by atoms with van der Waals surface area (Å²) in [5.74, 6) is -0.359. The number of carbonyl (C=O) groups is 2. The maximum atomic E-state index is 14.0. The molecule has 0 bridgehead atoms. The molecule has 0 atom stereocenters. The van der Waals surface area contributed by atoms with Gasteiger partial charge in [-0.25, -0.2) is 15.0 Å². The van der Waals surface area contributed by atoms with Crippen LogP contribution in [-0.4, -0.2) is 57.8 Å². The Hall–Kier alpha value is -3.88. The fraction of sp³-hybridized carbons (Fsp3) is 0.292. The van der Waals surface area contributed by atoms with E-state index in [1.54, 1.807) is 29.4 Å². The highest BCUT2D eigenvalue weighted by Crippen LogP contribution is 2.57. The zero-order chi connectivity index (χ0) is 22.6. The number of piperazine rings is 1. The van der Waals surface area contributed by atoms with Gasteiger partial charge in [0.2, 0.25) is 17.8 Å². The first-order valence-corrected chi connectivity index (χ1v) is 11.0. The van der Waals surface area contributed by atoms with Gasteiger partial charge < -0.3 is 15.1 Å². The Morgan fingerprint density at radius 3 is 2.67 bits per heavy atom. The maximum absolute atomic E-state index is 14.0. The number of nitrogens with zero attached hydrogens (tertiary/aromatic N) is 5.